The Bertz CT molecular complexity index is 34.5. The molecule has 6 heavy (non-hydrogen) atoms. The van der Waals surface area contributed by atoms with Gasteiger partial charge in [0.15, 0.2) is 0 Å². The predicted molar refractivity (Wildman–Crippen MR) is 13.3 cm³/mol. The Balaban J connectivity index is -0.0000000450. The van der Waals surface area contributed by atoms with E-state index in [1.54, 1.807) is 0 Å². The molecule has 0 aromatic carbocycles. The molecule has 0 aliphatic heterocycles. The number of aliphatic carboxylic acids is 1. The average molecular weight is 189 g/mol. The van der Waals surface area contributed by atoms with Gasteiger partial charge in [0, 0.05) is 43.5 Å². The van der Waals surface area contributed by atoms with Gasteiger partial charge in [-0.2, -0.15) is 0 Å². The van der Waals surface area contributed by atoms with E-state index in [0.717, 1.165) is 6.92 Å². The van der Waals surface area contributed by atoms with Crippen LogP contribution in [0.15, 0.2) is 0 Å². The van der Waals surface area contributed by atoms with Gasteiger partial charge in [-0.05, 0) is 0 Å². The summed E-state index contributed by atoms with van der Waals surface area (Å²) < 4.78 is 0. The predicted octanol–water partition coefficient (Wildman–Crippen LogP) is 0.0859. The van der Waals surface area contributed by atoms with Crippen molar-refractivity contribution >= 4 is 5.97 Å². The van der Waals surface area contributed by atoms with Gasteiger partial charge in [-0.3, -0.25) is 4.79 Å². The van der Waals surface area contributed by atoms with Crippen LogP contribution in [-0.4, -0.2) is 11.1 Å². The molecule has 0 spiro atoms. The van der Waals surface area contributed by atoms with E-state index < -0.39 is 5.97 Å². The van der Waals surface area contributed by atoms with E-state index in [0.29, 0.717) is 0 Å². The first-order chi connectivity index (χ1) is 1.73. The molecule has 0 aliphatic rings. The summed E-state index contributed by atoms with van der Waals surface area (Å²) in [5.41, 5.74) is 0. The number of carbonyl (C=O) groups is 1. The molecule has 37 valence electrons. The second-order valence-electron chi connectivity index (χ2n) is 0.519. The quantitative estimate of drug-likeness (QED) is 0.548. The molecular formula is C2H4CuO2Zn. The summed E-state index contributed by atoms with van der Waals surface area (Å²) in [5.74, 6) is -0.833. The molecule has 0 amide bonds. The molecule has 0 saturated heterocycles. The van der Waals surface area contributed by atoms with Crippen LogP contribution in [0.4, 0.5) is 0 Å². The fourth-order valence-corrected chi connectivity index (χ4v) is 0. The first kappa shape index (κ1) is 16.0. The van der Waals surface area contributed by atoms with Crippen LogP contribution in [0.5, 0.6) is 0 Å². The van der Waals surface area contributed by atoms with Gasteiger partial charge in [0.25, 0.3) is 5.97 Å². The van der Waals surface area contributed by atoms with Gasteiger partial charge < -0.3 is 5.11 Å². The number of hydrogen-bond donors (Lipinski definition) is 1. The molecule has 0 unspecified atom stereocenters. The second kappa shape index (κ2) is 9.15. The van der Waals surface area contributed by atoms with Crippen molar-refractivity contribution in [1.29, 1.82) is 0 Å². The van der Waals surface area contributed by atoms with Crippen molar-refractivity contribution in [3.05, 3.63) is 0 Å². The van der Waals surface area contributed by atoms with Crippen molar-refractivity contribution in [3.63, 3.8) is 0 Å². The Morgan fingerprint density at radius 3 is 1.67 bits per heavy atom. The summed E-state index contributed by atoms with van der Waals surface area (Å²) in [5, 5.41) is 7.42. The third-order valence-electron chi connectivity index (χ3n) is 0. The van der Waals surface area contributed by atoms with Crippen molar-refractivity contribution in [2.24, 2.45) is 0 Å². The minimum atomic E-state index is -0.833. The summed E-state index contributed by atoms with van der Waals surface area (Å²) >= 11 is 0. The molecule has 0 rings (SSSR count). The smallest absolute Gasteiger partial charge is 0.300 e. The molecule has 1 radical (unpaired) electrons. The largest absolute Gasteiger partial charge is 0.481 e. The summed E-state index contributed by atoms with van der Waals surface area (Å²) in [6.45, 7) is 1.08. The monoisotopic (exact) mass is 187 g/mol. The first-order valence-electron chi connectivity index (χ1n) is 0.928. The maximum Gasteiger partial charge on any atom is 0.300 e. The van der Waals surface area contributed by atoms with E-state index in [4.69, 9.17) is 9.90 Å². The second-order valence-corrected chi connectivity index (χ2v) is 0.519. The van der Waals surface area contributed by atoms with Crippen molar-refractivity contribution in [2.45, 2.75) is 6.92 Å². The Labute approximate surface area is 59.5 Å². The Morgan fingerprint density at radius 1 is 1.67 bits per heavy atom. The van der Waals surface area contributed by atoms with Crippen LogP contribution in [0.25, 0.3) is 0 Å². The van der Waals surface area contributed by atoms with E-state index in [-0.39, 0.29) is 36.5 Å². The number of carboxylic acids is 1. The Hall–Kier alpha value is 0.613. The molecule has 0 atom stereocenters. The van der Waals surface area contributed by atoms with Crippen LogP contribution in [0.1, 0.15) is 6.92 Å². The van der Waals surface area contributed by atoms with E-state index in [1.165, 1.54) is 0 Å². The van der Waals surface area contributed by atoms with Crippen LogP contribution >= 0.6 is 0 Å². The number of rotatable bonds is 0. The summed E-state index contributed by atoms with van der Waals surface area (Å²) in [7, 11) is 0. The van der Waals surface area contributed by atoms with Gasteiger partial charge in [-0.15, -0.1) is 0 Å². The van der Waals surface area contributed by atoms with Crippen molar-refractivity contribution in [1.82, 2.24) is 0 Å². The van der Waals surface area contributed by atoms with Gasteiger partial charge in [0.05, 0.1) is 0 Å². The SMILES string of the molecule is CC(=O)O.[Cu].[Zn]. The molecule has 0 heterocycles. The molecule has 4 heteroatoms. The maximum atomic E-state index is 9.00. The van der Waals surface area contributed by atoms with Crippen molar-refractivity contribution in [3.8, 4) is 0 Å². The topological polar surface area (TPSA) is 37.3 Å². The zero-order chi connectivity index (χ0) is 3.58. The molecule has 0 aromatic heterocycles. The fraction of sp³-hybridized carbons (Fsp3) is 0.500. The molecular weight excluding hydrogens is 185 g/mol. The third-order valence-corrected chi connectivity index (χ3v) is 0. The zero-order valence-electron chi connectivity index (χ0n) is 3.36. The van der Waals surface area contributed by atoms with E-state index in [1.807, 2.05) is 0 Å². The molecule has 0 fully saturated rings. The third kappa shape index (κ3) is 160. The van der Waals surface area contributed by atoms with Gasteiger partial charge in [-0.25, -0.2) is 0 Å². The zero-order valence-corrected chi connectivity index (χ0v) is 7.27. The van der Waals surface area contributed by atoms with Crippen molar-refractivity contribution < 1.29 is 46.4 Å². The van der Waals surface area contributed by atoms with Crippen LogP contribution in [0.3, 0.4) is 0 Å². The van der Waals surface area contributed by atoms with Gasteiger partial charge in [0.1, 0.15) is 0 Å². The normalized spacial score (nSPS) is 4.17. The molecule has 0 bridgehead atoms. The standard InChI is InChI=1S/C2H4O2.Cu.Zn/c1-2(3)4;;/h1H3,(H,3,4);;. The van der Waals surface area contributed by atoms with E-state index >= 15 is 0 Å². The van der Waals surface area contributed by atoms with Gasteiger partial charge >= 0.3 is 0 Å². The van der Waals surface area contributed by atoms with Gasteiger partial charge in [0.2, 0.25) is 0 Å². The minimum Gasteiger partial charge on any atom is -0.481 e. The molecule has 0 aromatic rings. The van der Waals surface area contributed by atoms with E-state index in [2.05, 4.69) is 0 Å². The summed E-state index contributed by atoms with van der Waals surface area (Å²) in [6.07, 6.45) is 0. The summed E-state index contributed by atoms with van der Waals surface area (Å²) in [4.78, 5) is 9.00. The molecule has 1 N–H and O–H groups in total. The molecule has 0 saturated carbocycles. The first-order valence-corrected chi connectivity index (χ1v) is 0.928. The fourth-order valence-electron chi connectivity index (χ4n) is 0. The van der Waals surface area contributed by atoms with Crippen LogP contribution in [0, 0.1) is 0 Å². The Kier molecular flexibility index (Phi) is 24.3. The number of hydrogen-bond acceptors (Lipinski definition) is 1. The number of carboxylic acid groups (broad SMARTS) is 1. The molecule has 2 nitrogen and oxygen atoms in total. The minimum absolute atomic E-state index is 0. The van der Waals surface area contributed by atoms with Crippen LogP contribution in [-0.2, 0) is 41.3 Å². The van der Waals surface area contributed by atoms with Crippen LogP contribution in [0.2, 0.25) is 0 Å². The van der Waals surface area contributed by atoms with Gasteiger partial charge in [-0.1, -0.05) is 0 Å². The maximum absolute atomic E-state index is 9.00. The van der Waals surface area contributed by atoms with E-state index in [9.17, 15) is 0 Å². The van der Waals surface area contributed by atoms with Crippen LogP contribution < -0.4 is 0 Å². The Morgan fingerprint density at radius 2 is 1.67 bits per heavy atom. The molecule has 0 aliphatic carbocycles. The summed E-state index contributed by atoms with van der Waals surface area (Å²) in [6, 6.07) is 0. The van der Waals surface area contributed by atoms with Crippen molar-refractivity contribution in [2.75, 3.05) is 0 Å². The average Bonchev–Trinajstić information content (AvgIpc) is 0.811.